The predicted molar refractivity (Wildman–Crippen MR) is 46.1 cm³/mol. The normalized spacial score (nSPS) is 9.73. The standard InChI is InChI=1S/C9H11NO/c1-6-4-9(10-11)5-7(2)8(6)3/h4-5H,1-3H3. The molecule has 0 radical (unpaired) electrons. The molecule has 0 spiro atoms. The van der Waals surface area contributed by atoms with Gasteiger partial charge in [-0.3, -0.25) is 0 Å². The maximum Gasteiger partial charge on any atom is 0.108 e. The van der Waals surface area contributed by atoms with Gasteiger partial charge in [0.1, 0.15) is 5.69 Å². The fourth-order valence-electron chi connectivity index (χ4n) is 1.07. The maximum atomic E-state index is 10.2. The Kier molecular flexibility index (Phi) is 2.03. The van der Waals surface area contributed by atoms with Crippen LogP contribution in [0.1, 0.15) is 16.7 Å². The molecule has 0 aromatic heterocycles. The van der Waals surface area contributed by atoms with E-state index in [0.29, 0.717) is 5.69 Å². The Labute approximate surface area is 66.2 Å². The van der Waals surface area contributed by atoms with Gasteiger partial charge < -0.3 is 0 Å². The SMILES string of the molecule is Cc1cc(N=O)cc(C)c1C. The van der Waals surface area contributed by atoms with E-state index in [-0.39, 0.29) is 0 Å². The first-order chi connectivity index (χ1) is 5.15. The molecule has 0 aliphatic carbocycles. The molecule has 0 N–H and O–H groups in total. The second kappa shape index (κ2) is 2.82. The van der Waals surface area contributed by atoms with E-state index in [1.165, 1.54) is 5.56 Å². The summed E-state index contributed by atoms with van der Waals surface area (Å²) in [5.41, 5.74) is 4.00. The van der Waals surface area contributed by atoms with Crippen molar-refractivity contribution >= 4 is 5.69 Å². The molecule has 0 fully saturated rings. The number of hydrogen-bond acceptors (Lipinski definition) is 2. The minimum Gasteiger partial charge on any atom is -0.145 e. The molecule has 0 atom stereocenters. The summed E-state index contributed by atoms with van der Waals surface area (Å²) in [5, 5.41) is 2.88. The molecular weight excluding hydrogens is 138 g/mol. The average molecular weight is 149 g/mol. The third-order valence-corrected chi connectivity index (χ3v) is 2.02. The lowest BCUT2D eigenvalue weighted by atomic mass is 10.0. The third-order valence-electron chi connectivity index (χ3n) is 2.02. The van der Waals surface area contributed by atoms with Gasteiger partial charge >= 0.3 is 0 Å². The largest absolute Gasteiger partial charge is 0.145 e. The number of nitrogens with zero attached hydrogens (tertiary/aromatic N) is 1. The molecule has 0 saturated carbocycles. The van der Waals surface area contributed by atoms with Crippen LogP contribution < -0.4 is 0 Å². The zero-order valence-corrected chi connectivity index (χ0v) is 7.01. The molecule has 0 saturated heterocycles. The van der Waals surface area contributed by atoms with E-state index >= 15 is 0 Å². The van der Waals surface area contributed by atoms with Gasteiger partial charge in [0.25, 0.3) is 0 Å². The van der Waals surface area contributed by atoms with Crippen LogP contribution in [0.3, 0.4) is 0 Å². The zero-order valence-electron chi connectivity index (χ0n) is 7.01. The van der Waals surface area contributed by atoms with Crippen LogP contribution in [0.25, 0.3) is 0 Å². The van der Waals surface area contributed by atoms with Crippen molar-refractivity contribution in [2.75, 3.05) is 0 Å². The topological polar surface area (TPSA) is 29.4 Å². The first-order valence-electron chi connectivity index (χ1n) is 3.56. The molecule has 58 valence electrons. The highest BCUT2D eigenvalue weighted by atomic mass is 16.3. The van der Waals surface area contributed by atoms with Gasteiger partial charge in [-0.15, -0.1) is 4.91 Å². The average Bonchev–Trinajstić information content (AvgIpc) is 1.99. The van der Waals surface area contributed by atoms with Crippen molar-refractivity contribution in [3.8, 4) is 0 Å². The molecule has 0 amide bonds. The highest BCUT2D eigenvalue weighted by molar-refractivity contribution is 5.47. The summed E-state index contributed by atoms with van der Waals surface area (Å²) in [4.78, 5) is 10.2. The van der Waals surface area contributed by atoms with Crippen LogP contribution in [0.4, 0.5) is 5.69 Å². The van der Waals surface area contributed by atoms with Crippen LogP contribution in [0.5, 0.6) is 0 Å². The lowest BCUT2D eigenvalue weighted by molar-refractivity contribution is 1.25. The smallest absolute Gasteiger partial charge is 0.108 e. The summed E-state index contributed by atoms with van der Waals surface area (Å²) in [5.74, 6) is 0. The summed E-state index contributed by atoms with van der Waals surface area (Å²) in [6, 6.07) is 3.60. The van der Waals surface area contributed by atoms with Crippen LogP contribution in [-0.2, 0) is 0 Å². The van der Waals surface area contributed by atoms with Crippen LogP contribution in [0.15, 0.2) is 17.3 Å². The Balaban J connectivity index is 3.31. The van der Waals surface area contributed by atoms with E-state index in [1.807, 2.05) is 20.8 Å². The number of benzene rings is 1. The lowest BCUT2D eigenvalue weighted by Crippen LogP contribution is -1.84. The molecule has 0 unspecified atom stereocenters. The lowest BCUT2D eigenvalue weighted by Gasteiger charge is -2.03. The molecule has 0 bridgehead atoms. The zero-order chi connectivity index (χ0) is 8.43. The highest BCUT2D eigenvalue weighted by Gasteiger charge is 1.99. The van der Waals surface area contributed by atoms with Crippen LogP contribution in [-0.4, -0.2) is 0 Å². The van der Waals surface area contributed by atoms with Crippen LogP contribution >= 0.6 is 0 Å². The number of hydrogen-bond donors (Lipinski definition) is 0. The molecule has 2 nitrogen and oxygen atoms in total. The van der Waals surface area contributed by atoms with Crippen molar-refractivity contribution in [2.45, 2.75) is 20.8 Å². The molecule has 11 heavy (non-hydrogen) atoms. The molecular formula is C9H11NO. The Morgan fingerprint density at radius 1 is 1.09 bits per heavy atom. The molecule has 1 aromatic rings. The molecule has 0 aliphatic rings. The maximum absolute atomic E-state index is 10.2. The van der Waals surface area contributed by atoms with Gasteiger partial charge in [0.05, 0.1) is 0 Å². The summed E-state index contributed by atoms with van der Waals surface area (Å²) in [7, 11) is 0. The molecule has 0 heterocycles. The second-order valence-electron chi connectivity index (χ2n) is 2.80. The Hall–Kier alpha value is -1.18. The van der Waals surface area contributed by atoms with Crippen molar-refractivity contribution in [2.24, 2.45) is 5.18 Å². The first kappa shape index (κ1) is 7.92. The fourth-order valence-corrected chi connectivity index (χ4v) is 1.07. The Morgan fingerprint density at radius 3 is 1.91 bits per heavy atom. The van der Waals surface area contributed by atoms with Gasteiger partial charge in [0, 0.05) is 0 Å². The van der Waals surface area contributed by atoms with Gasteiger partial charge in [0.15, 0.2) is 0 Å². The monoisotopic (exact) mass is 149 g/mol. The first-order valence-corrected chi connectivity index (χ1v) is 3.56. The number of aryl methyl sites for hydroxylation is 2. The van der Waals surface area contributed by atoms with Gasteiger partial charge in [-0.05, 0) is 54.8 Å². The van der Waals surface area contributed by atoms with Gasteiger partial charge in [-0.2, -0.15) is 0 Å². The summed E-state index contributed by atoms with van der Waals surface area (Å²) < 4.78 is 0. The van der Waals surface area contributed by atoms with Crippen molar-refractivity contribution in [1.82, 2.24) is 0 Å². The van der Waals surface area contributed by atoms with Gasteiger partial charge in [0.2, 0.25) is 0 Å². The Bertz CT molecular complexity index is 269. The molecule has 0 aliphatic heterocycles. The minimum atomic E-state index is 0.519. The van der Waals surface area contributed by atoms with Crippen molar-refractivity contribution in [3.05, 3.63) is 33.7 Å². The van der Waals surface area contributed by atoms with E-state index < -0.39 is 0 Å². The summed E-state index contributed by atoms with van der Waals surface area (Å²) >= 11 is 0. The van der Waals surface area contributed by atoms with E-state index in [2.05, 4.69) is 5.18 Å². The third kappa shape index (κ3) is 1.45. The predicted octanol–water partition coefficient (Wildman–Crippen LogP) is 3.01. The van der Waals surface area contributed by atoms with E-state index in [9.17, 15) is 4.91 Å². The van der Waals surface area contributed by atoms with Crippen molar-refractivity contribution < 1.29 is 0 Å². The van der Waals surface area contributed by atoms with E-state index in [4.69, 9.17) is 0 Å². The second-order valence-corrected chi connectivity index (χ2v) is 2.80. The number of nitroso groups, excluding NO2 is 1. The summed E-state index contributed by atoms with van der Waals surface area (Å²) in [6.45, 7) is 6.01. The highest BCUT2D eigenvalue weighted by Crippen LogP contribution is 2.20. The van der Waals surface area contributed by atoms with E-state index in [0.717, 1.165) is 11.1 Å². The van der Waals surface area contributed by atoms with Gasteiger partial charge in [-0.1, -0.05) is 0 Å². The van der Waals surface area contributed by atoms with Crippen LogP contribution in [0.2, 0.25) is 0 Å². The van der Waals surface area contributed by atoms with Crippen LogP contribution in [0, 0.1) is 25.7 Å². The quantitative estimate of drug-likeness (QED) is 0.564. The van der Waals surface area contributed by atoms with Crippen molar-refractivity contribution in [1.29, 1.82) is 0 Å². The molecule has 2 heteroatoms. The van der Waals surface area contributed by atoms with E-state index in [1.54, 1.807) is 12.1 Å². The number of rotatable bonds is 1. The molecule has 1 rings (SSSR count). The fraction of sp³-hybridized carbons (Fsp3) is 0.333. The van der Waals surface area contributed by atoms with Crippen molar-refractivity contribution in [3.63, 3.8) is 0 Å². The summed E-state index contributed by atoms with van der Waals surface area (Å²) in [6.07, 6.45) is 0. The van der Waals surface area contributed by atoms with Gasteiger partial charge in [-0.25, -0.2) is 0 Å². The minimum absolute atomic E-state index is 0.519. The Morgan fingerprint density at radius 2 is 1.55 bits per heavy atom. The molecule has 1 aromatic carbocycles.